The zero-order valence-corrected chi connectivity index (χ0v) is 12.5. The van der Waals surface area contributed by atoms with Crippen molar-refractivity contribution in [1.29, 1.82) is 0 Å². The molecule has 21 heavy (non-hydrogen) atoms. The number of hydrogen-bond donors (Lipinski definition) is 1. The summed E-state index contributed by atoms with van der Waals surface area (Å²) >= 11 is 0. The number of carboxylic acid groups (broad SMARTS) is 1. The Morgan fingerprint density at radius 3 is 2.86 bits per heavy atom. The minimum Gasteiger partial charge on any atom is -0.481 e. The molecule has 3 rings (SSSR count). The zero-order chi connectivity index (χ0) is 14.7. The van der Waals surface area contributed by atoms with Crippen molar-refractivity contribution < 1.29 is 9.90 Å². The first-order valence-corrected chi connectivity index (χ1v) is 7.97. The Balaban J connectivity index is 1.58. The van der Waals surface area contributed by atoms with Crippen LogP contribution in [-0.2, 0) is 17.8 Å². The molecule has 0 aliphatic carbocycles. The Morgan fingerprint density at radius 2 is 2.05 bits per heavy atom. The molecule has 4 heteroatoms. The average Bonchev–Trinajstić information content (AvgIpc) is 2.53. The molecule has 1 unspecified atom stereocenters. The van der Waals surface area contributed by atoms with Gasteiger partial charge in [-0.1, -0.05) is 24.3 Å². The third-order valence-corrected chi connectivity index (χ3v) is 4.80. The first-order valence-electron chi connectivity index (χ1n) is 7.97. The lowest BCUT2D eigenvalue weighted by Gasteiger charge is -2.41. The molecule has 0 amide bonds. The third-order valence-electron chi connectivity index (χ3n) is 4.80. The van der Waals surface area contributed by atoms with Gasteiger partial charge in [-0.15, -0.1) is 0 Å². The van der Waals surface area contributed by atoms with E-state index in [-0.39, 0.29) is 6.42 Å². The van der Waals surface area contributed by atoms with E-state index in [0.717, 1.165) is 32.6 Å². The van der Waals surface area contributed by atoms with Crippen LogP contribution in [0.5, 0.6) is 0 Å². The minimum absolute atomic E-state index is 0.259. The Morgan fingerprint density at radius 1 is 1.24 bits per heavy atom. The van der Waals surface area contributed by atoms with E-state index in [9.17, 15) is 4.79 Å². The maximum absolute atomic E-state index is 10.7. The molecule has 2 aliphatic rings. The van der Waals surface area contributed by atoms with Gasteiger partial charge in [-0.05, 0) is 36.9 Å². The number of rotatable bonds is 4. The Bertz CT molecular complexity index is 503. The summed E-state index contributed by atoms with van der Waals surface area (Å²) < 4.78 is 0. The number of aliphatic carboxylic acids is 1. The number of nitrogens with zero attached hydrogens (tertiary/aromatic N) is 2. The SMILES string of the molecule is O=C(O)CCN1CCCC(N2CCc3ccccc3C2)C1. The second-order valence-corrected chi connectivity index (χ2v) is 6.23. The summed E-state index contributed by atoms with van der Waals surface area (Å²) in [5, 5.41) is 8.83. The van der Waals surface area contributed by atoms with Gasteiger partial charge in [0.15, 0.2) is 0 Å². The molecular formula is C17H24N2O2. The zero-order valence-electron chi connectivity index (χ0n) is 12.5. The summed E-state index contributed by atoms with van der Waals surface area (Å²) in [6.07, 6.45) is 3.82. The monoisotopic (exact) mass is 288 g/mol. The van der Waals surface area contributed by atoms with Gasteiger partial charge >= 0.3 is 5.97 Å². The highest BCUT2D eigenvalue weighted by molar-refractivity contribution is 5.66. The predicted octanol–water partition coefficient (Wildman–Crippen LogP) is 1.98. The Labute approximate surface area is 126 Å². The van der Waals surface area contributed by atoms with Crippen LogP contribution in [0.1, 0.15) is 30.4 Å². The van der Waals surface area contributed by atoms with Crippen molar-refractivity contribution in [1.82, 2.24) is 9.80 Å². The van der Waals surface area contributed by atoms with Crippen molar-refractivity contribution in [2.24, 2.45) is 0 Å². The lowest BCUT2D eigenvalue weighted by Crippen LogP contribution is -2.49. The summed E-state index contributed by atoms with van der Waals surface area (Å²) in [4.78, 5) is 15.6. The third kappa shape index (κ3) is 3.63. The van der Waals surface area contributed by atoms with Crippen LogP contribution in [0.4, 0.5) is 0 Å². The van der Waals surface area contributed by atoms with Crippen molar-refractivity contribution in [2.75, 3.05) is 26.2 Å². The second kappa shape index (κ2) is 6.58. The van der Waals surface area contributed by atoms with E-state index in [1.165, 1.54) is 24.0 Å². The van der Waals surface area contributed by atoms with Crippen molar-refractivity contribution >= 4 is 5.97 Å². The summed E-state index contributed by atoms with van der Waals surface area (Å²) in [6.45, 7) is 4.95. The van der Waals surface area contributed by atoms with Crippen molar-refractivity contribution in [3.8, 4) is 0 Å². The van der Waals surface area contributed by atoms with Gasteiger partial charge in [0.1, 0.15) is 0 Å². The maximum Gasteiger partial charge on any atom is 0.304 e. The van der Waals surface area contributed by atoms with Crippen LogP contribution < -0.4 is 0 Å². The van der Waals surface area contributed by atoms with E-state index in [2.05, 4.69) is 34.1 Å². The summed E-state index contributed by atoms with van der Waals surface area (Å²) in [7, 11) is 0. The first-order chi connectivity index (χ1) is 10.2. The van der Waals surface area contributed by atoms with E-state index in [0.29, 0.717) is 12.6 Å². The lowest BCUT2D eigenvalue weighted by molar-refractivity contribution is -0.137. The van der Waals surface area contributed by atoms with Crippen LogP contribution in [0.3, 0.4) is 0 Å². The van der Waals surface area contributed by atoms with Crippen LogP contribution in [0.2, 0.25) is 0 Å². The fraction of sp³-hybridized carbons (Fsp3) is 0.588. The second-order valence-electron chi connectivity index (χ2n) is 6.23. The highest BCUT2D eigenvalue weighted by Gasteiger charge is 2.27. The topological polar surface area (TPSA) is 43.8 Å². The lowest BCUT2D eigenvalue weighted by atomic mass is 9.96. The van der Waals surface area contributed by atoms with Gasteiger partial charge in [-0.3, -0.25) is 9.69 Å². The normalized spacial score (nSPS) is 23.7. The van der Waals surface area contributed by atoms with Crippen LogP contribution in [-0.4, -0.2) is 53.1 Å². The molecule has 114 valence electrons. The number of fused-ring (bicyclic) bond motifs is 1. The first kappa shape index (κ1) is 14.5. The van der Waals surface area contributed by atoms with Crippen molar-refractivity contribution in [3.05, 3.63) is 35.4 Å². The van der Waals surface area contributed by atoms with Crippen molar-refractivity contribution in [2.45, 2.75) is 38.3 Å². The van der Waals surface area contributed by atoms with E-state index in [1.807, 2.05) is 0 Å². The molecule has 2 aliphatic heterocycles. The molecule has 0 spiro atoms. The molecule has 1 fully saturated rings. The molecule has 1 N–H and O–H groups in total. The van der Waals surface area contributed by atoms with Gasteiger partial charge in [-0.2, -0.15) is 0 Å². The van der Waals surface area contributed by atoms with E-state index >= 15 is 0 Å². The molecule has 1 aromatic carbocycles. The fourth-order valence-electron chi connectivity index (χ4n) is 3.62. The number of piperidine rings is 1. The van der Waals surface area contributed by atoms with Gasteiger partial charge in [-0.25, -0.2) is 0 Å². The standard InChI is InChI=1S/C17H24N2O2/c20-17(21)8-10-18-9-3-6-16(13-18)19-11-7-14-4-1-2-5-15(14)12-19/h1-2,4-5,16H,3,6-13H2,(H,20,21). The number of hydrogen-bond acceptors (Lipinski definition) is 3. The molecule has 0 saturated carbocycles. The van der Waals surface area contributed by atoms with Gasteiger partial charge in [0.2, 0.25) is 0 Å². The molecule has 1 saturated heterocycles. The molecular weight excluding hydrogens is 264 g/mol. The maximum atomic E-state index is 10.7. The molecule has 1 atom stereocenters. The summed E-state index contributed by atoms with van der Waals surface area (Å²) in [6, 6.07) is 9.32. The largest absolute Gasteiger partial charge is 0.481 e. The summed E-state index contributed by atoms with van der Waals surface area (Å²) in [5.74, 6) is -0.691. The highest BCUT2D eigenvalue weighted by Crippen LogP contribution is 2.24. The van der Waals surface area contributed by atoms with E-state index in [4.69, 9.17) is 5.11 Å². The van der Waals surface area contributed by atoms with Gasteiger partial charge in [0, 0.05) is 32.2 Å². The number of benzene rings is 1. The quantitative estimate of drug-likeness (QED) is 0.920. The Kier molecular flexibility index (Phi) is 4.56. The Hall–Kier alpha value is -1.39. The van der Waals surface area contributed by atoms with Crippen LogP contribution in [0.25, 0.3) is 0 Å². The predicted molar refractivity (Wildman–Crippen MR) is 82.3 cm³/mol. The number of carbonyl (C=O) groups is 1. The smallest absolute Gasteiger partial charge is 0.304 e. The molecule has 0 radical (unpaired) electrons. The fourth-order valence-corrected chi connectivity index (χ4v) is 3.62. The minimum atomic E-state index is -0.691. The molecule has 0 aromatic heterocycles. The molecule has 1 aromatic rings. The van der Waals surface area contributed by atoms with Crippen molar-refractivity contribution in [3.63, 3.8) is 0 Å². The summed E-state index contributed by atoms with van der Waals surface area (Å²) in [5.41, 5.74) is 2.96. The molecule has 0 bridgehead atoms. The van der Waals surface area contributed by atoms with Crippen LogP contribution >= 0.6 is 0 Å². The average molecular weight is 288 g/mol. The van der Waals surface area contributed by atoms with Gasteiger partial charge in [0.25, 0.3) is 0 Å². The molecule has 2 heterocycles. The van der Waals surface area contributed by atoms with E-state index in [1.54, 1.807) is 0 Å². The van der Waals surface area contributed by atoms with Crippen LogP contribution in [0, 0.1) is 0 Å². The number of likely N-dealkylation sites (tertiary alicyclic amines) is 1. The number of carboxylic acids is 1. The van der Waals surface area contributed by atoms with E-state index < -0.39 is 5.97 Å². The highest BCUT2D eigenvalue weighted by atomic mass is 16.4. The molecule has 4 nitrogen and oxygen atoms in total. The van der Waals surface area contributed by atoms with Crippen LogP contribution in [0.15, 0.2) is 24.3 Å². The van der Waals surface area contributed by atoms with Gasteiger partial charge in [0.05, 0.1) is 6.42 Å². The van der Waals surface area contributed by atoms with Gasteiger partial charge < -0.3 is 10.0 Å².